The summed E-state index contributed by atoms with van der Waals surface area (Å²) in [7, 11) is 3.00. The van der Waals surface area contributed by atoms with Gasteiger partial charge >= 0.3 is 0 Å². The molecule has 0 radical (unpaired) electrons. The lowest BCUT2D eigenvalue weighted by molar-refractivity contribution is -0.140. The van der Waals surface area contributed by atoms with Crippen molar-refractivity contribution < 1.29 is 33.3 Å². The smallest absolute Gasteiger partial charge is 0.295 e. The largest absolute Gasteiger partial charge is 0.507 e. The van der Waals surface area contributed by atoms with Crippen LogP contribution in [-0.4, -0.2) is 42.5 Å². The fraction of sp³-hybridized carbons (Fsp3) is 0.267. The number of hydrogen-bond acceptors (Lipinski definition) is 6. The number of benzene rings is 3. The standard InChI is InChI=1S/C30H30FNO6/c1-6-38-24-15-20(9-12-23(24)36-4)26-25(27(33)22-14-17(2)13-18(3)29(22)37-5)28(34)30(35)32(26)16-19-7-10-21(31)11-8-19/h7-15,26,33H,6,16H2,1-5H3/b27-25+. The van der Waals surface area contributed by atoms with Crippen molar-refractivity contribution in [3.05, 3.63) is 93.8 Å². The SMILES string of the molecule is CCOc1cc(C2/C(=C(\O)c3cc(C)cc(C)c3OC)C(=O)C(=O)N2Cc2ccc(F)cc2)ccc1OC. The number of rotatable bonds is 8. The Bertz CT molecular complexity index is 1410. The third-order valence-electron chi connectivity index (χ3n) is 6.49. The number of nitrogens with zero attached hydrogens (tertiary/aromatic N) is 1. The average Bonchev–Trinajstić information content (AvgIpc) is 3.14. The summed E-state index contributed by atoms with van der Waals surface area (Å²) in [6.07, 6.45) is 0. The minimum atomic E-state index is -0.948. The van der Waals surface area contributed by atoms with Crippen LogP contribution >= 0.6 is 0 Å². The van der Waals surface area contributed by atoms with Gasteiger partial charge in [-0.1, -0.05) is 24.3 Å². The number of likely N-dealkylation sites (tertiary alicyclic amines) is 1. The van der Waals surface area contributed by atoms with Gasteiger partial charge in [-0.05, 0) is 73.4 Å². The molecule has 1 aliphatic rings. The van der Waals surface area contributed by atoms with Gasteiger partial charge in [0.25, 0.3) is 11.7 Å². The van der Waals surface area contributed by atoms with Gasteiger partial charge in [0.2, 0.25) is 0 Å². The summed E-state index contributed by atoms with van der Waals surface area (Å²) in [5.74, 6) is -1.03. The molecule has 1 fully saturated rings. The number of Topliss-reactive ketones (excluding diaryl/α,β-unsaturated/α-hetero) is 1. The van der Waals surface area contributed by atoms with Crippen molar-refractivity contribution in [1.29, 1.82) is 0 Å². The van der Waals surface area contributed by atoms with E-state index in [4.69, 9.17) is 14.2 Å². The zero-order valence-electron chi connectivity index (χ0n) is 22.0. The van der Waals surface area contributed by atoms with E-state index >= 15 is 0 Å². The Kier molecular flexibility index (Phi) is 7.71. The van der Waals surface area contributed by atoms with E-state index in [9.17, 15) is 19.1 Å². The number of methoxy groups -OCH3 is 2. The predicted molar refractivity (Wildman–Crippen MR) is 141 cm³/mol. The molecule has 4 rings (SSSR count). The number of hydrogen-bond donors (Lipinski definition) is 1. The fourth-order valence-electron chi connectivity index (χ4n) is 4.85. The fourth-order valence-corrected chi connectivity index (χ4v) is 4.85. The number of aliphatic hydroxyl groups is 1. The number of aryl methyl sites for hydroxylation is 2. The van der Waals surface area contributed by atoms with Crippen LogP contribution in [0.15, 0.2) is 60.2 Å². The van der Waals surface area contributed by atoms with E-state index in [2.05, 4.69) is 0 Å². The van der Waals surface area contributed by atoms with Crippen molar-refractivity contribution in [3.63, 3.8) is 0 Å². The van der Waals surface area contributed by atoms with Crippen LogP contribution in [0.2, 0.25) is 0 Å². The first-order valence-corrected chi connectivity index (χ1v) is 12.2. The van der Waals surface area contributed by atoms with E-state index in [1.54, 1.807) is 36.4 Å². The van der Waals surface area contributed by atoms with Gasteiger partial charge in [0.1, 0.15) is 17.3 Å². The molecule has 1 aliphatic heterocycles. The number of halogens is 1. The molecule has 198 valence electrons. The summed E-state index contributed by atoms with van der Waals surface area (Å²) in [4.78, 5) is 28.3. The zero-order valence-corrected chi connectivity index (χ0v) is 22.0. The molecule has 1 atom stereocenters. The molecule has 0 aromatic heterocycles. The molecule has 7 nitrogen and oxygen atoms in total. The Morgan fingerprint density at radius 1 is 0.974 bits per heavy atom. The highest BCUT2D eigenvalue weighted by Gasteiger charge is 2.46. The van der Waals surface area contributed by atoms with Crippen molar-refractivity contribution in [2.45, 2.75) is 33.4 Å². The quantitative estimate of drug-likeness (QED) is 0.241. The Labute approximate surface area is 221 Å². The second-order valence-corrected chi connectivity index (χ2v) is 9.06. The molecule has 1 heterocycles. The Hall–Kier alpha value is -4.33. The Morgan fingerprint density at radius 3 is 2.32 bits per heavy atom. The normalized spacial score (nSPS) is 16.6. The van der Waals surface area contributed by atoms with Gasteiger partial charge in [-0.25, -0.2) is 4.39 Å². The number of ether oxygens (including phenoxy) is 3. The van der Waals surface area contributed by atoms with E-state index in [0.29, 0.717) is 40.5 Å². The lowest BCUT2D eigenvalue weighted by Gasteiger charge is -2.26. The maximum Gasteiger partial charge on any atom is 0.295 e. The van der Waals surface area contributed by atoms with Crippen molar-refractivity contribution in [3.8, 4) is 17.2 Å². The van der Waals surface area contributed by atoms with Crippen molar-refractivity contribution in [2.75, 3.05) is 20.8 Å². The van der Waals surface area contributed by atoms with Crippen molar-refractivity contribution in [2.24, 2.45) is 0 Å². The first kappa shape index (κ1) is 26.7. The molecule has 0 spiro atoms. The highest BCUT2D eigenvalue weighted by molar-refractivity contribution is 6.46. The lowest BCUT2D eigenvalue weighted by atomic mass is 9.93. The molecule has 1 N–H and O–H groups in total. The van der Waals surface area contributed by atoms with Gasteiger partial charge in [-0.2, -0.15) is 0 Å². The zero-order chi connectivity index (χ0) is 27.6. The monoisotopic (exact) mass is 519 g/mol. The van der Waals surface area contributed by atoms with Crippen LogP contribution < -0.4 is 14.2 Å². The minimum Gasteiger partial charge on any atom is -0.507 e. The highest BCUT2D eigenvalue weighted by Crippen LogP contribution is 2.44. The van der Waals surface area contributed by atoms with Gasteiger partial charge in [0, 0.05) is 6.54 Å². The average molecular weight is 520 g/mol. The number of carbonyl (C=O) groups excluding carboxylic acids is 2. The summed E-state index contributed by atoms with van der Waals surface area (Å²) in [5.41, 5.74) is 3.03. The number of amides is 1. The second-order valence-electron chi connectivity index (χ2n) is 9.06. The summed E-state index contributed by atoms with van der Waals surface area (Å²) in [6, 6.07) is 13.5. The van der Waals surface area contributed by atoms with Crippen LogP contribution in [0.25, 0.3) is 5.76 Å². The van der Waals surface area contributed by atoms with E-state index in [1.807, 2.05) is 26.8 Å². The maximum absolute atomic E-state index is 13.5. The molecule has 0 bridgehead atoms. The molecule has 38 heavy (non-hydrogen) atoms. The van der Waals surface area contributed by atoms with Crippen LogP contribution in [0.1, 0.15) is 40.8 Å². The molecule has 1 unspecified atom stereocenters. The van der Waals surface area contributed by atoms with Crippen LogP contribution in [0.3, 0.4) is 0 Å². The highest BCUT2D eigenvalue weighted by atomic mass is 19.1. The van der Waals surface area contributed by atoms with Crippen LogP contribution in [-0.2, 0) is 16.1 Å². The first-order valence-electron chi connectivity index (χ1n) is 12.2. The van der Waals surface area contributed by atoms with Crippen molar-refractivity contribution in [1.82, 2.24) is 4.90 Å². The van der Waals surface area contributed by atoms with Gasteiger partial charge in [-0.15, -0.1) is 0 Å². The second kappa shape index (κ2) is 11.0. The van der Waals surface area contributed by atoms with E-state index < -0.39 is 23.5 Å². The lowest BCUT2D eigenvalue weighted by Crippen LogP contribution is -2.29. The van der Waals surface area contributed by atoms with Gasteiger partial charge in [0.15, 0.2) is 11.5 Å². The van der Waals surface area contributed by atoms with Crippen LogP contribution in [0.4, 0.5) is 4.39 Å². The number of ketones is 1. The predicted octanol–water partition coefficient (Wildman–Crippen LogP) is 5.48. The number of carbonyl (C=O) groups is 2. The third kappa shape index (κ3) is 4.94. The summed E-state index contributed by atoms with van der Waals surface area (Å²) < 4.78 is 30.3. The molecule has 8 heteroatoms. The molecule has 0 saturated carbocycles. The summed E-state index contributed by atoms with van der Waals surface area (Å²) in [5, 5.41) is 11.6. The molecule has 1 saturated heterocycles. The van der Waals surface area contributed by atoms with E-state index in [-0.39, 0.29) is 17.9 Å². The molecule has 3 aromatic carbocycles. The molecule has 3 aromatic rings. The third-order valence-corrected chi connectivity index (χ3v) is 6.49. The number of aliphatic hydroxyl groups excluding tert-OH is 1. The van der Waals surface area contributed by atoms with Gasteiger partial charge in [-0.3, -0.25) is 9.59 Å². The topological polar surface area (TPSA) is 85.3 Å². The molecular formula is C30H30FNO6. The van der Waals surface area contributed by atoms with E-state index in [0.717, 1.165) is 11.1 Å². The first-order chi connectivity index (χ1) is 18.2. The molecular weight excluding hydrogens is 489 g/mol. The van der Waals surface area contributed by atoms with Crippen molar-refractivity contribution >= 4 is 17.4 Å². The Balaban J connectivity index is 1.95. The Morgan fingerprint density at radius 2 is 1.68 bits per heavy atom. The molecule has 0 aliphatic carbocycles. The van der Waals surface area contributed by atoms with Gasteiger partial charge in [0.05, 0.1) is 38.0 Å². The van der Waals surface area contributed by atoms with E-state index in [1.165, 1.54) is 31.3 Å². The molecule has 1 amide bonds. The van der Waals surface area contributed by atoms with Gasteiger partial charge < -0.3 is 24.2 Å². The summed E-state index contributed by atoms with van der Waals surface area (Å²) in [6.45, 7) is 5.93. The van der Waals surface area contributed by atoms with Crippen LogP contribution in [0.5, 0.6) is 17.2 Å². The minimum absolute atomic E-state index is 0.0201. The summed E-state index contributed by atoms with van der Waals surface area (Å²) >= 11 is 0. The maximum atomic E-state index is 13.5. The van der Waals surface area contributed by atoms with Crippen LogP contribution in [0, 0.1) is 19.7 Å².